The van der Waals surface area contributed by atoms with Gasteiger partial charge < -0.3 is 10.0 Å². The van der Waals surface area contributed by atoms with Gasteiger partial charge in [0.15, 0.2) is 0 Å². The number of aliphatic hydroxyl groups is 1. The Balaban J connectivity index is 2.52. The summed E-state index contributed by atoms with van der Waals surface area (Å²) in [5.41, 5.74) is 0. The number of piperidine rings is 1. The first-order valence-electron chi connectivity index (χ1n) is 5.36. The highest BCUT2D eigenvalue weighted by Crippen LogP contribution is 2.24. The zero-order valence-corrected chi connectivity index (χ0v) is 9.13. The van der Waals surface area contributed by atoms with Gasteiger partial charge in [-0.25, -0.2) is 0 Å². The van der Waals surface area contributed by atoms with E-state index in [-0.39, 0.29) is 19.0 Å². The molecule has 0 spiro atoms. The summed E-state index contributed by atoms with van der Waals surface area (Å²) >= 11 is 0. The summed E-state index contributed by atoms with van der Waals surface area (Å²) in [6.45, 7) is 2.30. The molecular formula is C10H16F3NO2. The van der Waals surface area contributed by atoms with Crippen molar-refractivity contribution in [2.75, 3.05) is 13.1 Å². The number of amides is 1. The van der Waals surface area contributed by atoms with Crippen LogP contribution in [0.5, 0.6) is 0 Å². The van der Waals surface area contributed by atoms with Crippen molar-refractivity contribution in [1.29, 1.82) is 0 Å². The summed E-state index contributed by atoms with van der Waals surface area (Å²) in [4.78, 5) is 12.5. The third-order valence-electron chi connectivity index (χ3n) is 2.92. The van der Waals surface area contributed by atoms with Crippen LogP contribution in [0.4, 0.5) is 13.2 Å². The quantitative estimate of drug-likeness (QED) is 0.794. The average Bonchev–Trinajstić information content (AvgIpc) is 2.15. The van der Waals surface area contributed by atoms with Crippen molar-refractivity contribution in [3.05, 3.63) is 0 Å². The first-order chi connectivity index (χ1) is 7.33. The van der Waals surface area contributed by atoms with Crippen LogP contribution < -0.4 is 0 Å². The topological polar surface area (TPSA) is 40.5 Å². The fraction of sp³-hybridized carbons (Fsp3) is 0.900. The second-order valence-electron chi connectivity index (χ2n) is 4.16. The van der Waals surface area contributed by atoms with Gasteiger partial charge in [0.1, 0.15) is 6.42 Å². The molecule has 1 amide bonds. The number of nitrogens with zero attached hydrogens (tertiary/aromatic N) is 1. The molecule has 0 radical (unpaired) electrons. The van der Waals surface area contributed by atoms with Crippen molar-refractivity contribution in [2.24, 2.45) is 5.92 Å². The van der Waals surface area contributed by atoms with E-state index in [4.69, 9.17) is 0 Å². The van der Waals surface area contributed by atoms with E-state index in [1.807, 2.05) is 6.92 Å². The molecule has 0 bridgehead atoms. The molecule has 0 aromatic carbocycles. The number of halogens is 3. The molecule has 3 nitrogen and oxygen atoms in total. The van der Waals surface area contributed by atoms with Crippen LogP contribution in [0.15, 0.2) is 0 Å². The van der Waals surface area contributed by atoms with Crippen LogP contribution in [0.1, 0.15) is 26.2 Å². The Morgan fingerprint density at radius 2 is 2.12 bits per heavy atom. The maximum Gasteiger partial charge on any atom is 0.397 e. The summed E-state index contributed by atoms with van der Waals surface area (Å²) in [5.74, 6) is -0.996. The predicted octanol–water partition coefficient (Wildman–Crippen LogP) is 1.56. The van der Waals surface area contributed by atoms with Gasteiger partial charge in [0, 0.05) is 19.0 Å². The summed E-state index contributed by atoms with van der Waals surface area (Å²) in [5, 5.41) is 9.54. The molecule has 0 aromatic rings. The molecule has 1 N–H and O–H groups in total. The lowest BCUT2D eigenvalue weighted by Crippen LogP contribution is -2.46. The van der Waals surface area contributed by atoms with E-state index in [1.54, 1.807) is 0 Å². The van der Waals surface area contributed by atoms with Crippen LogP contribution in [0.3, 0.4) is 0 Å². The highest BCUT2D eigenvalue weighted by atomic mass is 19.4. The zero-order chi connectivity index (χ0) is 12.3. The summed E-state index contributed by atoms with van der Waals surface area (Å²) < 4.78 is 36.1. The third kappa shape index (κ3) is 3.66. The van der Waals surface area contributed by atoms with Crippen molar-refractivity contribution in [2.45, 2.75) is 38.5 Å². The molecule has 16 heavy (non-hydrogen) atoms. The molecule has 1 saturated heterocycles. The van der Waals surface area contributed by atoms with Gasteiger partial charge in [0.05, 0.1) is 6.10 Å². The van der Waals surface area contributed by atoms with E-state index in [9.17, 15) is 23.1 Å². The zero-order valence-electron chi connectivity index (χ0n) is 9.13. The molecule has 1 rings (SSSR count). The maximum absolute atomic E-state index is 12.0. The van der Waals surface area contributed by atoms with E-state index in [0.717, 1.165) is 0 Å². The lowest BCUT2D eigenvalue weighted by Gasteiger charge is -2.36. The van der Waals surface area contributed by atoms with Crippen LogP contribution in [-0.2, 0) is 4.79 Å². The van der Waals surface area contributed by atoms with E-state index in [1.165, 1.54) is 4.90 Å². The lowest BCUT2D eigenvalue weighted by atomic mass is 9.92. The van der Waals surface area contributed by atoms with E-state index >= 15 is 0 Å². The fourth-order valence-corrected chi connectivity index (χ4v) is 1.93. The molecule has 94 valence electrons. The van der Waals surface area contributed by atoms with Crippen LogP contribution in [0, 0.1) is 5.92 Å². The fourth-order valence-electron chi connectivity index (χ4n) is 1.93. The van der Waals surface area contributed by atoms with Gasteiger partial charge in [-0.05, 0) is 12.8 Å². The second-order valence-corrected chi connectivity index (χ2v) is 4.16. The number of carbonyl (C=O) groups excluding carboxylic acids is 1. The number of hydrogen-bond donors (Lipinski definition) is 1. The molecule has 1 fully saturated rings. The van der Waals surface area contributed by atoms with Gasteiger partial charge in [0.2, 0.25) is 5.91 Å². The lowest BCUT2D eigenvalue weighted by molar-refractivity contribution is -0.163. The number of aliphatic hydroxyl groups excluding tert-OH is 1. The minimum absolute atomic E-state index is 0.106. The number of hydrogen-bond acceptors (Lipinski definition) is 2. The molecule has 2 unspecified atom stereocenters. The minimum atomic E-state index is -4.45. The monoisotopic (exact) mass is 239 g/mol. The Labute approximate surface area is 92.2 Å². The summed E-state index contributed by atoms with van der Waals surface area (Å²) in [6.07, 6.45) is -5.33. The Hall–Kier alpha value is -0.780. The van der Waals surface area contributed by atoms with Gasteiger partial charge in [-0.1, -0.05) is 6.92 Å². The minimum Gasteiger partial charge on any atom is -0.393 e. The van der Waals surface area contributed by atoms with Crippen molar-refractivity contribution in [1.82, 2.24) is 4.90 Å². The van der Waals surface area contributed by atoms with Gasteiger partial charge in [-0.15, -0.1) is 0 Å². The summed E-state index contributed by atoms with van der Waals surface area (Å²) in [7, 11) is 0. The third-order valence-corrected chi connectivity index (χ3v) is 2.92. The number of alkyl halides is 3. The highest BCUT2D eigenvalue weighted by Gasteiger charge is 2.36. The molecule has 6 heteroatoms. The molecule has 0 aliphatic carbocycles. The SMILES string of the molecule is CCC1CN(C(=O)CC(F)(F)F)CCC1O. The van der Waals surface area contributed by atoms with Crippen LogP contribution in [0.25, 0.3) is 0 Å². The van der Waals surface area contributed by atoms with E-state index in [2.05, 4.69) is 0 Å². The van der Waals surface area contributed by atoms with E-state index < -0.39 is 24.6 Å². The number of likely N-dealkylation sites (tertiary alicyclic amines) is 1. The van der Waals surface area contributed by atoms with Crippen molar-refractivity contribution in [3.63, 3.8) is 0 Å². The molecule has 1 heterocycles. The van der Waals surface area contributed by atoms with Crippen LogP contribution in [-0.4, -0.2) is 41.3 Å². The number of carbonyl (C=O) groups is 1. The number of rotatable bonds is 2. The second kappa shape index (κ2) is 5.03. The molecule has 2 atom stereocenters. The Morgan fingerprint density at radius 1 is 1.50 bits per heavy atom. The van der Waals surface area contributed by atoms with Crippen LogP contribution in [0.2, 0.25) is 0 Å². The van der Waals surface area contributed by atoms with E-state index in [0.29, 0.717) is 12.8 Å². The molecule has 0 saturated carbocycles. The van der Waals surface area contributed by atoms with Gasteiger partial charge in [0.25, 0.3) is 0 Å². The predicted molar refractivity (Wildman–Crippen MR) is 51.7 cm³/mol. The normalized spacial score (nSPS) is 26.9. The average molecular weight is 239 g/mol. The maximum atomic E-state index is 12.0. The first-order valence-corrected chi connectivity index (χ1v) is 5.36. The van der Waals surface area contributed by atoms with Crippen molar-refractivity contribution in [3.8, 4) is 0 Å². The van der Waals surface area contributed by atoms with Crippen LogP contribution >= 0.6 is 0 Å². The molecular weight excluding hydrogens is 223 g/mol. The Morgan fingerprint density at radius 3 is 2.62 bits per heavy atom. The van der Waals surface area contributed by atoms with Crippen molar-refractivity contribution >= 4 is 5.91 Å². The standard InChI is InChI=1S/C10H16F3NO2/c1-2-7-6-14(4-3-8(7)15)9(16)5-10(11,12)13/h7-8,15H,2-6H2,1H3. The summed E-state index contributed by atoms with van der Waals surface area (Å²) in [6, 6.07) is 0. The molecule has 1 aliphatic heterocycles. The Bertz CT molecular complexity index is 255. The molecule has 0 aromatic heterocycles. The van der Waals surface area contributed by atoms with Gasteiger partial charge in [-0.2, -0.15) is 13.2 Å². The highest BCUT2D eigenvalue weighted by molar-refractivity contribution is 5.77. The molecule has 1 aliphatic rings. The Kier molecular flexibility index (Phi) is 4.18. The van der Waals surface area contributed by atoms with Crippen molar-refractivity contribution < 1.29 is 23.1 Å². The van der Waals surface area contributed by atoms with Gasteiger partial charge in [-0.3, -0.25) is 4.79 Å². The smallest absolute Gasteiger partial charge is 0.393 e. The largest absolute Gasteiger partial charge is 0.397 e. The first kappa shape index (κ1) is 13.3. The van der Waals surface area contributed by atoms with Gasteiger partial charge >= 0.3 is 6.18 Å².